The number of anilines is 1. The number of rotatable bonds is 5. The number of nitrogens with zero attached hydrogens (tertiary/aromatic N) is 3. The molecule has 1 fully saturated rings. The summed E-state index contributed by atoms with van der Waals surface area (Å²) in [5.74, 6) is -0.0245. The van der Waals surface area contributed by atoms with E-state index in [4.69, 9.17) is 10.7 Å². The van der Waals surface area contributed by atoms with Crippen LogP contribution in [-0.2, 0) is 17.4 Å². The fourth-order valence-electron chi connectivity index (χ4n) is 4.16. The second-order valence-corrected chi connectivity index (χ2v) is 10.5. The van der Waals surface area contributed by atoms with Gasteiger partial charge in [0.2, 0.25) is 5.91 Å². The van der Waals surface area contributed by atoms with Gasteiger partial charge in [-0.25, -0.2) is 4.98 Å². The molecule has 2 N–H and O–H groups in total. The summed E-state index contributed by atoms with van der Waals surface area (Å²) in [4.78, 5) is 22.6. The molecule has 0 spiro atoms. The zero-order valence-corrected chi connectivity index (χ0v) is 20.3. The number of piperazine rings is 1. The second kappa shape index (κ2) is 9.60. The van der Waals surface area contributed by atoms with Crippen molar-refractivity contribution in [1.29, 1.82) is 0 Å². The molecule has 1 atom stereocenters. The van der Waals surface area contributed by atoms with Crippen LogP contribution in [0.5, 0.6) is 0 Å². The number of carbonyl (C=O) groups is 1. The molecular weight excluding hydrogens is 493 g/mol. The van der Waals surface area contributed by atoms with Crippen LogP contribution in [0.25, 0.3) is 21.3 Å². The van der Waals surface area contributed by atoms with Gasteiger partial charge in [0.1, 0.15) is 0 Å². The first kappa shape index (κ1) is 23.8. The van der Waals surface area contributed by atoms with Crippen LogP contribution in [0.15, 0.2) is 60.0 Å². The van der Waals surface area contributed by atoms with Crippen molar-refractivity contribution >= 4 is 43.9 Å². The summed E-state index contributed by atoms with van der Waals surface area (Å²) >= 11 is 3.15. The Bertz CT molecular complexity index is 1310. The summed E-state index contributed by atoms with van der Waals surface area (Å²) < 4.78 is 39.5. The van der Waals surface area contributed by atoms with Gasteiger partial charge in [0, 0.05) is 37.5 Å². The molecule has 1 aliphatic rings. The molecule has 1 amide bonds. The number of benzene rings is 2. The van der Waals surface area contributed by atoms with E-state index >= 15 is 0 Å². The third-order valence-corrected chi connectivity index (χ3v) is 8.08. The standard InChI is InChI=1S/C25H23F3N4OS2/c26-25(27,28)18-6-3-16(4-7-18)17-5-8-21-22(14-17)35-24(30-21)32-11-9-31(10-12-32)23(33)20(29)15-19-2-1-13-34-19/h1-8,13-14,20H,9-12,15,29H2/t20-/m0/s1. The first-order valence-corrected chi connectivity index (χ1v) is 12.9. The molecule has 2 aromatic heterocycles. The molecule has 10 heteroatoms. The van der Waals surface area contributed by atoms with E-state index in [0.29, 0.717) is 32.6 Å². The maximum Gasteiger partial charge on any atom is 0.416 e. The summed E-state index contributed by atoms with van der Waals surface area (Å²) in [5.41, 5.74) is 7.92. The van der Waals surface area contributed by atoms with Crippen molar-refractivity contribution in [2.75, 3.05) is 31.1 Å². The zero-order chi connectivity index (χ0) is 24.6. The van der Waals surface area contributed by atoms with Gasteiger partial charge in [0.05, 0.1) is 21.8 Å². The maximum atomic E-state index is 12.9. The SMILES string of the molecule is N[C@@H](Cc1cccs1)C(=O)N1CCN(c2nc3ccc(-c4ccc(C(F)(F)F)cc4)cc3s2)CC1. The van der Waals surface area contributed by atoms with Crippen molar-refractivity contribution in [3.8, 4) is 11.1 Å². The van der Waals surface area contributed by atoms with E-state index < -0.39 is 17.8 Å². The fourth-order valence-corrected chi connectivity index (χ4v) is 5.99. The average molecular weight is 517 g/mol. The quantitative estimate of drug-likeness (QED) is 0.393. The lowest BCUT2D eigenvalue weighted by molar-refractivity contribution is -0.137. The number of amides is 1. The van der Waals surface area contributed by atoms with Gasteiger partial charge in [-0.3, -0.25) is 4.79 Å². The Morgan fingerprint density at radius 2 is 1.74 bits per heavy atom. The van der Waals surface area contributed by atoms with Crippen molar-refractivity contribution in [1.82, 2.24) is 9.88 Å². The van der Waals surface area contributed by atoms with Crippen LogP contribution in [0.2, 0.25) is 0 Å². The minimum Gasteiger partial charge on any atom is -0.345 e. The van der Waals surface area contributed by atoms with E-state index in [1.807, 2.05) is 40.6 Å². The molecule has 5 rings (SSSR count). The predicted molar refractivity (Wildman–Crippen MR) is 135 cm³/mol. The molecule has 1 saturated heterocycles. The van der Waals surface area contributed by atoms with Crippen LogP contribution in [0.4, 0.5) is 18.3 Å². The van der Waals surface area contributed by atoms with Crippen LogP contribution in [0, 0.1) is 0 Å². The largest absolute Gasteiger partial charge is 0.416 e. The van der Waals surface area contributed by atoms with Crippen LogP contribution in [-0.4, -0.2) is 48.0 Å². The Morgan fingerprint density at radius 3 is 2.40 bits per heavy atom. The molecule has 5 nitrogen and oxygen atoms in total. The number of hydrogen-bond donors (Lipinski definition) is 1. The van der Waals surface area contributed by atoms with Gasteiger partial charge >= 0.3 is 6.18 Å². The van der Waals surface area contributed by atoms with Crippen molar-refractivity contribution in [2.45, 2.75) is 18.6 Å². The highest BCUT2D eigenvalue weighted by Gasteiger charge is 2.30. The van der Waals surface area contributed by atoms with Crippen molar-refractivity contribution < 1.29 is 18.0 Å². The average Bonchev–Trinajstić information content (AvgIpc) is 3.52. The second-order valence-electron chi connectivity index (χ2n) is 8.46. The maximum absolute atomic E-state index is 12.9. The smallest absolute Gasteiger partial charge is 0.345 e. The lowest BCUT2D eigenvalue weighted by Crippen LogP contribution is -2.53. The third kappa shape index (κ3) is 5.19. The Balaban J connectivity index is 1.24. The van der Waals surface area contributed by atoms with Gasteiger partial charge in [-0.15, -0.1) is 11.3 Å². The summed E-state index contributed by atoms with van der Waals surface area (Å²) in [6.45, 7) is 2.51. The lowest BCUT2D eigenvalue weighted by atomic mass is 10.0. The van der Waals surface area contributed by atoms with Gasteiger partial charge in [0.25, 0.3) is 0 Å². The Hall–Kier alpha value is -2.95. The fraction of sp³-hybridized carbons (Fsp3) is 0.280. The summed E-state index contributed by atoms with van der Waals surface area (Å²) in [5, 5.41) is 2.86. The summed E-state index contributed by atoms with van der Waals surface area (Å²) in [6, 6.07) is 14.3. The van der Waals surface area contributed by atoms with Crippen LogP contribution < -0.4 is 10.6 Å². The molecule has 3 heterocycles. The number of thiazole rings is 1. The Kier molecular flexibility index (Phi) is 6.52. The molecule has 0 bridgehead atoms. The lowest BCUT2D eigenvalue weighted by Gasteiger charge is -2.35. The van der Waals surface area contributed by atoms with Gasteiger partial charge in [-0.1, -0.05) is 35.6 Å². The van der Waals surface area contributed by atoms with E-state index in [1.165, 1.54) is 12.1 Å². The summed E-state index contributed by atoms with van der Waals surface area (Å²) in [7, 11) is 0. The number of aromatic nitrogens is 1. The van der Waals surface area contributed by atoms with E-state index in [2.05, 4.69) is 4.90 Å². The molecule has 4 aromatic rings. The van der Waals surface area contributed by atoms with E-state index in [0.717, 1.165) is 43.5 Å². The Labute approximate surface area is 208 Å². The van der Waals surface area contributed by atoms with E-state index in [1.54, 1.807) is 22.7 Å². The number of hydrogen-bond acceptors (Lipinski definition) is 6. The molecule has 35 heavy (non-hydrogen) atoms. The molecule has 0 radical (unpaired) electrons. The van der Waals surface area contributed by atoms with Crippen molar-refractivity contribution in [3.05, 3.63) is 70.4 Å². The number of fused-ring (bicyclic) bond motifs is 1. The van der Waals surface area contributed by atoms with Gasteiger partial charge in [0.15, 0.2) is 5.13 Å². The van der Waals surface area contributed by atoms with E-state index in [-0.39, 0.29) is 5.91 Å². The highest BCUT2D eigenvalue weighted by atomic mass is 32.1. The number of thiophene rings is 1. The minimum atomic E-state index is -4.35. The number of carbonyl (C=O) groups excluding carboxylic acids is 1. The van der Waals surface area contributed by atoms with E-state index in [9.17, 15) is 18.0 Å². The molecule has 0 aliphatic carbocycles. The van der Waals surface area contributed by atoms with Crippen molar-refractivity contribution in [2.24, 2.45) is 5.73 Å². The van der Waals surface area contributed by atoms with Gasteiger partial charge in [-0.05, 0) is 46.8 Å². The molecule has 0 unspecified atom stereocenters. The summed E-state index contributed by atoms with van der Waals surface area (Å²) in [6.07, 6.45) is -3.80. The number of halogens is 3. The first-order chi connectivity index (χ1) is 16.8. The first-order valence-electron chi connectivity index (χ1n) is 11.2. The monoisotopic (exact) mass is 516 g/mol. The van der Waals surface area contributed by atoms with Gasteiger partial charge < -0.3 is 15.5 Å². The van der Waals surface area contributed by atoms with Crippen LogP contribution in [0.1, 0.15) is 10.4 Å². The van der Waals surface area contributed by atoms with Crippen LogP contribution >= 0.6 is 22.7 Å². The highest BCUT2D eigenvalue weighted by Crippen LogP contribution is 2.34. The normalized spacial score (nSPS) is 15.5. The third-order valence-electron chi connectivity index (χ3n) is 6.10. The highest BCUT2D eigenvalue weighted by molar-refractivity contribution is 7.22. The molecule has 2 aromatic carbocycles. The minimum absolute atomic E-state index is 0.0245. The topological polar surface area (TPSA) is 62.5 Å². The number of alkyl halides is 3. The molecule has 1 aliphatic heterocycles. The number of nitrogens with two attached hydrogens (primary N) is 1. The zero-order valence-electron chi connectivity index (χ0n) is 18.7. The van der Waals surface area contributed by atoms with Crippen LogP contribution in [0.3, 0.4) is 0 Å². The Morgan fingerprint density at radius 1 is 1.03 bits per heavy atom. The molecular formula is C25H23F3N4OS2. The molecule has 182 valence electrons. The van der Waals surface area contributed by atoms with Gasteiger partial charge in [-0.2, -0.15) is 13.2 Å². The van der Waals surface area contributed by atoms with Crippen molar-refractivity contribution in [3.63, 3.8) is 0 Å². The predicted octanol–water partition coefficient (Wildman–Crippen LogP) is 5.26. The molecule has 0 saturated carbocycles.